The van der Waals surface area contributed by atoms with Gasteiger partial charge < -0.3 is 4.90 Å². The molecule has 3 N–H and O–H groups in total. The van der Waals surface area contributed by atoms with Crippen LogP contribution in [0, 0.1) is 0 Å². The summed E-state index contributed by atoms with van der Waals surface area (Å²) in [7, 11) is -1.89. The lowest BCUT2D eigenvalue weighted by molar-refractivity contribution is 0.597. The molecule has 0 spiro atoms. The lowest BCUT2D eigenvalue weighted by Crippen LogP contribution is -2.31. The van der Waals surface area contributed by atoms with Crippen LogP contribution in [0.15, 0.2) is 21.9 Å². The van der Waals surface area contributed by atoms with Crippen LogP contribution in [0.4, 0.5) is 5.69 Å². The maximum atomic E-state index is 11.3. The van der Waals surface area contributed by atoms with Crippen LogP contribution in [-0.4, -0.2) is 22.1 Å². The molecule has 0 fully saturated rings. The molecule has 0 unspecified atom stereocenters. The van der Waals surface area contributed by atoms with E-state index in [0.717, 1.165) is 10.6 Å². The van der Waals surface area contributed by atoms with Gasteiger partial charge in [0.05, 0.1) is 17.4 Å². The highest BCUT2D eigenvalue weighted by molar-refractivity contribution is 7.97. The van der Waals surface area contributed by atoms with Gasteiger partial charge in [-0.15, -0.1) is 0 Å². The van der Waals surface area contributed by atoms with E-state index in [9.17, 15) is 8.42 Å². The number of nitrogens with two attached hydrogens (primary N) is 1. The molecule has 1 aliphatic rings. The molecule has 16 heavy (non-hydrogen) atoms. The van der Waals surface area contributed by atoms with E-state index in [4.69, 9.17) is 16.7 Å². The predicted octanol–water partition coefficient (Wildman–Crippen LogP) is 0.991. The van der Waals surface area contributed by atoms with Crippen LogP contribution in [0.1, 0.15) is 0 Å². The molecule has 1 heterocycles. The molecule has 0 saturated carbocycles. The Labute approximate surface area is 103 Å². The molecule has 8 heteroatoms. The summed E-state index contributed by atoms with van der Waals surface area (Å²) in [5.74, 6) is 0. The van der Waals surface area contributed by atoms with Gasteiger partial charge in [0.15, 0.2) is 0 Å². The molecule has 88 valence electrons. The third kappa shape index (κ3) is 2.14. The fraction of sp³-hybridized carbons (Fsp3) is 0.250. The quantitative estimate of drug-likeness (QED) is 0.750. The minimum atomic E-state index is -3.78. The first kappa shape index (κ1) is 12.0. The second kappa shape index (κ2) is 4.08. The molecule has 0 bridgehead atoms. The van der Waals surface area contributed by atoms with Crippen LogP contribution in [0.5, 0.6) is 0 Å². The summed E-state index contributed by atoms with van der Waals surface area (Å²) >= 11 is 7.26. The van der Waals surface area contributed by atoms with Crippen molar-refractivity contribution in [2.45, 2.75) is 9.79 Å². The van der Waals surface area contributed by atoms with Gasteiger partial charge in [0.25, 0.3) is 0 Å². The van der Waals surface area contributed by atoms with Gasteiger partial charge in [-0.3, -0.25) is 0 Å². The van der Waals surface area contributed by atoms with Crippen LogP contribution < -0.4 is 14.8 Å². The monoisotopic (exact) mass is 279 g/mol. The third-order valence-electron chi connectivity index (χ3n) is 2.22. The summed E-state index contributed by atoms with van der Waals surface area (Å²) in [5.41, 5.74) is 0.890. The molecule has 0 aliphatic carbocycles. The first-order valence-corrected chi connectivity index (χ1v) is 7.11. The minimum Gasteiger partial charge on any atom is -0.360 e. The molecule has 0 aromatic heterocycles. The van der Waals surface area contributed by atoms with Crippen LogP contribution in [-0.2, 0) is 10.0 Å². The summed E-state index contributed by atoms with van der Waals surface area (Å²) in [6.45, 7) is 0.669. The van der Waals surface area contributed by atoms with Gasteiger partial charge in [0.2, 0.25) is 10.0 Å². The van der Waals surface area contributed by atoms with E-state index < -0.39 is 10.0 Å². The lowest BCUT2D eigenvalue weighted by Gasteiger charge is -2.27. The number of rotatable bonds is 1. The van der Waals surface area contributed by atoms with Crippen molar-refractivity contribution < 1.29 is 8.42 Å². The first-order chi connectivity index (χ1) is 7.39. The van der Waals surface area contributed by atoms with Crippen LogP contribution in [0.3, 0.4) is 0 Å². The third-order valence-corrected chi connectivity index (χ3v) is 4.41. The summed E-state index contributed by atoms with van der Waals surface area (Å²) in [4.78, 5) is 2.68. The molecular formula is C8H10ClN3O2S2. The Hall–Kier alpha value is -0.470. The topological polar surface area (TPSA) is 75.4 Å². The normalized spacial score (nSPS) is 16.1. The second-order valence-corrected chi connectivity index (χ2v) is 6.27. The minimum absolute atomic E-state index is 0.0440. The Morgan fingerprint density at radius 2 is 2.25 bits per heavy atom. The Bertz CT molecular complexity index is 532. The zero-order valence-corrected chi connectivity index (χ0v) is 10.8. The Balaban J connectivity index is 2.62. The molecule has 5 nitrogen and oxygen atoms in total. The van der Waals surface area contributed by atoms with Gasteiger partial charge in [-0.05, 0) is 24.1 Å². The van der Waals surface area contributed by atoms with E-state index in [-0.39, 0.29) is 9.92 Å². The van der Waals surface area contributed by atoms with E-state index in [1.165, 1.54) is 18.0 Å². The number of anilines is 1. The molecule has 1 aliphatic heterocycles. The zero-order chi connectivity index (χ0) is 11.9. The van der Waals surface area contributed by atoms with Crippen molar-refractivity contribution in [3.8, 4) is 0 Å². The number of nitrogens with one attached hydrogen (secondary N) is 1. The number of hydrogen-bond donors (Lipinski definition) is 2. The number of halogens is 1. The van der Waals surface area contributed by atoms with E-state index >= 15 is 0 Å². The van der Waals surface area contributed by atoms with Gasteiger partial charge in [0.1, 0.15) is 4.90 Å². The molecule has 0 radical (unpaired) electrons. The largest absolute Gasteiger partial charge is 0.360 e. The van der Waals surface area contributed by atoms with Crippen molar-refractivity contribution in [3.05, 3.63) is 17.2 Å². The van der Waals surface area contributed by atoms with Gasteiger partial charge in [-0.2, -0.15) is 0 Å². The zero-order valence-electron chi connectivity index (χ0n) is 8.40. The van der Waals surface area contributed by atoms with E-state index in [1.54, 1.807) is 6.07 Å². The van der Waals surface area contributed by atoms with E-state index in [1.807, 2.05) is 11.9 Å². The molecule has 0 atom stereocenters. The van der Waals surface area contributed by atoms with Gasteiger partial charge in [-0.25, -0.2) is 18.3 Å². The highest BCUT2D eigenvalue weighted by Gasteiger charge is 2.21. The van der Waals surface area contributed by atoms with Crippen LogP contribution in [0.25, 0.3) is 0 Å². The summed E-state index contributed by atoms with van der Waals surface area (Å²) in [5, 5.41) is 5.22. The highest BCUT2D eigenvalue weighted by Crippen LogP contribution is 2.36. The number of benzene rings is 1. The second-order valence-electron chi connectivity index (χ2n) is 3.40. The molecule has 1 aromatic carbocycles. The highest BCUT2D eigenvalue weighted by atomic mass is 35.5. The van der Waals surface area contributed by atoms with Crippen LogP contribution in [0.2, 0.25) is 5.02 Å². The maximum absolute atomic E-state index is 11.3. The molecule has 0 amide bonds. The van der Waals surface area contributed by atoms with Gasteiger partial charge in [-0.1, -0.05) is 11.6 Å². The number of sulfonamides is 1. The van der Waals surface area contributed by atoms with Crippen molar-refractivity contribution in [3.63, 3.8) is 0 Å². The number of fused-ring (bicyclic) bond motifs is 1. The van der Waals surface area contributed by atoms with Gasteiger partial charge in [0, 0.05) is 11.9 Å². The summed E-state index contributed by atoms with van der Waals surface area (Å²) in [6.07, 6.45) is 0. The molecule has 0 saturated heterocycles. The number of nitrogens with zero attached hydrogens (tertiary/aromatic N) is 1. The van der Waals surface area contributed by atoms with E-state index in [2.05, 4.69) is 4.72 Å². The Morgan fingerprint density at radius 3 is 2.88 bits per heavy atom. The standard InChI is InChI=1S/C8H10ClN3O2S2/c1-12-4-11-15-7-3-8(16(10,13)14)5(9)2-6(7)12/h2-3,11H,4H2,1H3,(H2,10,13,14). The van der Waals surface area contributed by atoms with Gasteiger partial charge >= 0.3 is 0 Å². The summed E-state index contributed by atoms with van der Waals surface area (Å²) in [6, 6.07) is 3.10. The molecule has 1 aromatic rings. The first-order valence-electron chi connectivity index (χ1n) is 4.37. The Kier molecular flexibility index (Phi) is 3.06. The van der Waals surface area contributed by atoms with Crippen LogP contribution >= 0.6 is 23.5 Å². The van der Waals surface area contributed by atoms with Crippen molar-refractivity contribution in [2.24, 2.45) is 5.14 Å². The maximum Gasteiger partial charge on any atom is 0.239 e. The van der Waals surface area contributed by atoms with Crippen molar-refractivity contribution >= 4 is 39.3 Å². The van der Waals surface area contributed by atoms with Crippen molar-refractivity contribution in [2.75, 3.05) is 18.6 Å². The smallest absolute Gasteiger partial charge is 0.239 e. The molecule has 2 rings (SSSR count). The predicted molar refractivity (Wildman–Crippen MR) is 65.1 cm³/mol. The SMILES string of the molecule is CN1CNSc2cc(S(N)(=O)=O)c(Cl)cc21. The average molecular weight is 280 g/mol. The van der Waals surface area contributed by atoms with Crippen molar-refractivity contribution in [1.82, 2.24) is 4.72 Å². The average Bonchev–Trinajstić information content (AvgIpc) is 2.17. The van der Waals surface area contributed by atoms with E-state index in [0.29, 0.717) is 6.67 Å². The summed E-state index contributed by atoms with van der Waals surface area (Å²) < 4.78 is 25.6. The van der Waals surface area contributed by atoms with Crippen molar-refractivity contribution in [1.29, 1.82) is 0 Å². The lowest BCUT2D eigenvalue weighted by atomic mass is 10.3. The number of primary sulfonamides is 1. The molecular weight excluding hydrogens is 270 g/mol. The number of hydrogen-bond acceptors (Lipinski definition) is 5. The fourth-order valence-corrected chi connectivity index (χ4v) is 3.49. The fourth-order valence-electron chi connectivity index (χ4n) is 1.41. The Morgan fingerprint density at radius 1 is 1.56 bits per heavy atom.